The average Bonchev–Trinajstić information content (AvgIpc) is 2.52. The first-order chi connectivity index (χ1) is 6.16. The van der Waals surface area contributed by atoms with E-state index in [1.54, 1.807) is 0 Å². The van der Waals surface area contributed by atoms with Gasteiger partial charge in [0, 0.05) is 6.42 Å². The monoisotopic (exact) mass is 183 g/mol. The fraction of sp³-hybridized carbons (Fsp3) is 0.333. The van der Waals surface area contributed by atoms with Crippen molar-refractivity contribution < 1.29 is 9.90 Å². The van der Waals surface area contributed by atoms with E-state index in [9.17, 15) is 4.79 Å². The van der Waals surface area contributed by atoms with Crippen LogP contribution < -0.4 is 5.73 Å². The number of hydrogen-bond donors (Lipinski definition) is 4. The van der Waals surface area contributed by atoms with Crippen LogP contribution in [0.4, 0.5) is 0 Å². The molecule has 0 aliphatic heterocycles. The lowest BCUT2D eigenvalue weighted by Crippen LogP contribution is -2.15. The molecular weight excluding hydrogens is 174 g/mol. The molecule has 70 valence electrons. The van der Waals surface area contributed by atoms with Gasteiger partial charge in [-0.15, -0.1) is 5.10 Å². The van der Waals surface area contributed by atoms with E-state index in [1.165, 1.54) is 0 Å². The fourth-order valence-corrected chi connectivity index (χ4v) is 0.894. The van der Waals surface area contributed by atoms with Crippen molar-refractivity contribution in [1.29, 1.82) is 5.41 Å². The summed E-state index contributed by atoms with van der Waals surface area (Å²) in [5, 5.41) is 24.7. The first-order valence-corrected chi connectivity index (χ1v) is 3.55. The van der Waals surface area contributed by atoms with Crippen molar-refractivity contribution in [3.05, 3.63) is 11.4 Å². The minimum absolute atomic E-state index is 0.177. The highest BCUT2D eigenvalue weighted by atomic mass is 16.4. The number of nitrogens with two attached hydrogens (primary N) is 1. The van der Waals surface area contributed by atoms with Crippen LogP contribution in [0, 0.1) is 5.41 Å². The van der Waals surface area contributed by atoms with Gasteiger partial charge < -0.3 is 16.2 Å². The van der Waals surface area contributed by atoms with E-state index in [4.69, 9.17) is 16.2 Å². The van der Waals surface area contributed by atoms with Crippen molar-refractivity contribution in [2.24, 2.45) is 5.73 Å². The van der Waals surface area contributed by atoms with Gasteiger partial charge in [-0.2, -0.15) is 10.3 Å². The molecule has 1 aromatic rings. The number of aromatic nitrogens is 3. The summed E-state index contributed by atoms with van der Waals surface area (Å²) < 4.78 is 0. The largest absolute Gasteiger partial charge is 0.476 e. The van der Waals surface area contributed by atoms with Crippen LogP contribution in [0.15, 0.2) is 0 Å². The number of carbonyl (C=O) groups is 1. The highest BCUT2D eigenvalue weighted by Gasteiger charge is 2.19. The maximum atomic E-state index is 10.6. The minimum Gasteiger partial charge on any atom is -0.476 e. The zero-order valence-electron chi connectivity index (χ0n) is 6.69. The molecule has 0 bridgehead atoms. The molecule has 7 heteroatoms. The van der Waals surface area contributed by atoms with Crippen LogP contribution in [-0.4, -0.2) is 32.7 Å². The predicted molar refractivity (Wildman–Crippen MR) is 43.7 cm³/mol. The molecule has 13 heavy (non-hydrogen) atoms. The standard InChI is InChI=1S/C6H9N5O2/c7-2-1-3(8)4-5(6(12)13)10-11-9-4/h2-3,7H,1,8H2,(H,12,13)(H,9,10,11). The van der Waals surface area contributed by atoms with E-state index in [0.29, 0.717) is 0 Å². The van der Waals surface area contributed by atoms with Crippen molar-refractivity contribution >= 4 is 12.2 Å². The van der Waals surface area contributed by atoms with Crippen molar-refractivity contribution in [2.45, 2.75) is 12.5 Å². The topological polar surface area (TPSA) is 129 Å². The van der Waals surface area contributed by atoms with Crippen molar-refractivity contribution in [3.8, 4) is 0 Å². The molecule has 7 nitrogen and oxygen atoms in total. The molecule has 1 atom stereocenters. The van der Waals surface area contributed by atoms with Gasteiger partial charge in [0.1, 0.15) is 5.69 Å². The summed E-state index contributed by atoms with van der Waals surface area (Å²) in [6, 6.07) is -0.595. The van der Waals surface area contributed by atoms with Gasteiger partial charge >= 0.3 is 5.97 Å². The molecule has 0 saturated carbocycles. The second-order valence-electron chi connectivity index (χ2n) is 2.41. The van der Waals surface area contributed by atoms with Gasteiger partial charge in [-0.25, -0.2) is 4.79 Å². The molecule has 1 rings (SSSR count). The van der Waals surface area contributed by atoms with Gasteiger partial charge in [0.25, 0.3) is 0 Å². The van der Waals surface area contributed by atoms with Crippen LogP contribution in [0.1, 0.15) is 28.6 Å². The number of nitrogens with zero attached hydrogens (tertiary/aromatic N) is 2. The molecule has 0 radical (unpaired) electrons. The van der Waals surface area contributed by atoms with E-state index in [0.717, 1.165) is 6.21 Å². The zero-order chi connectivity index (χ0) is 9.84. The van der Waals surface area contributed by atoms with Gasteiger partial charge in [-0.3, -0.25) is 0 Å². The third-order valence-corrected chi connectivity index (χ3v) is 1.50. The summed E-state index contributed by atoms with van der Waals surface area (Å²) in [5.74, 6) is -1.18. The number of hydrogen-bond acceptors (Lipinski definition) is 5. The van der Waals surface area contributed by atoms with E-state index < -0.39 is 12.0 Å². The fourth-order valence-electron chi connectivity index (χ4n) is 0.894. The number of H-pyrrole nitrogens is 1. The van der Waals surface area contributed by atoms with Crippen LogP contribution in [0.25, 0.3) is 0 Å². The van der Waals surface area contributed by atoms with Crippen molar-refractivity contribution in [2.75, 3.05) is 0 Å². The Labute approximate surface area is 73.5 Å². The summed E-state index contributed by atoms with van der Waals surface area (Å²) in [6.45, 7) is 0. The molecule has 1 heterocycles. The lowest BCUT2D eigenvalue weighted by molar-refractivity contribution is 0.0688. The van der Waals surface area contributed by atoms with Gasteiger partial charge in [-0.05, 0) is 6.21 Å². The Hall–Kier alpha value is -1.76. The third-order valence-electron chi connectivity index (χ3n) is 1.50. The van der Waals surface area contributed by atoms with E-state index >= 15 is 0 Å². The molecule has 0 spiro atoms. The molecular formula is C6H9N5O2. The van der Waals surface area contributed by atoms with Gasteiger partial charge in [0.05, 0.1) is 6.04 Å². The first kappa shape index (κ1) is 9.33. The number of carboxylic acid groups (broad SMARTS) is 1. The maximum absolute atomic E-state index is 10.6. The second kappa shape index (κ2) is 3.76. The number of aromatic amines is 1. The summed E-state index contributed by atoms with van der Waals surface area (Å²) in [5.41, 5.74) is 5.54. The number of rotatable bonds is 4. The number of carboxylic acids is 1. The summed E-state index contributed by atoms with van der Waals surface area (Å²) in [4.78, 5) is 10.6. The zero-order valence-corrected chi connectivity index (χ0v) is 6.69. The molecule has 0 amide bonds. The van der Waals surface area contributed by atoms with E-state index in [1.807, 2.05) is 0 Å². The quantitative estimate of drug-likeness (QED) is 0.469. The summed E-state index contributed by atoms with van der Waals surface area (Å²) in [7, 11) is 0. The van der Waals surface area contributed by atoms with Crippen molar-refractivity contribution in [1.82, 2.24) is 15.4 Å². The summed E-state index contributed by atoms with van der Waals surface area (Å²) >= 11 is 0. The normalized spacial score (nSPS) is 12.4. The molecule has 5 N–H and O–H groups in total. The average molecular weight is 183 g/mol. The highest BCUT2D eigenvalue weighted by Crippen LogP contribution is 2.12. The van der Waals surface area contributed by atoms with Crippen LogP contribution >= 0.6 is 0 Å². The van der Waals surface area contributed by atoms with E-state index in [2.05, 4.69) is 15.4 Å². The van der Waals surface area contributed by atoms with Gasteiger partial charge in [-0.1, -0.05) is 0 Å². The minimum atomic E-state index is -1.18. The van der Waals surface area contributed by atoms with Gasteiger partial charge in [0.15, 0.2) is 5.69 Å². The van der Waals surface area contributed by atoms with Crippen LogP contribution in [0.5, 0.6) is 0 Å². The molecule has 0 aliphatic carbocycles. The lowest BCUT2D eigenvalue weighted by Gasteiger charge is -2.03. The van der Waals surface area contributed by atoms with E-state index in [-0.39, 0.29) is 17.8 Å². The Bertz CT molecular complexity index is 321. The van der Waals surface area contributed by atoms with Crippen molar-refractivity contribution in [3.63, 3.8) is 0 Å². The smallest absolute Gasteiger partial charge is 0.358 e. The number of nitrogens with one attached hydrogen (secondary N) is 2. The second-order valence-corrected chi connectivity index (χ2v) is 2.41. The Morgan fingerprint density at radius 3 is 3.00 bits per heavy atom. The Morgan fingerprint density at radius 1 is 1.77 bits per heavy atom. The number of aromatic carboxylic acids is 1. The van der Waals surface area contributed by atoms with Gasteiger partial charge in [0.2, 0.25) is 0 Å². The molecule has 0 aliphatic rings. The Balaban J connectivity index is 2.92. The Kier molecular flexibility index (Phi) is 2.70. The molecule has 0 fully saturated rings. The molecule has 0 aromatic carbocycles. The van der Waals surface area contributed by atoms with Crippen LogP contribution in [-0.2, 0) is 0 Å². The first-order valence-electron chi connectivity index (χ1n) is 3.55. The van der Waals surface area contributed by atoms with Crippen LogP contribution in [0.2, 0.25) is 0 Å². The highest BCUT2D eigenvalue weighted by molar-refractivity contribution is 5.86. The molecule has 1 unspecified atom stereocenters. The Morgan fingerprint density at radius 2 is 2.46 bits per heavy atom. The molecule has 0 saturated heterocycles. The molecule has 1 aromatic heterocycles. The SMILES string of the molecule is N=CCC(N)c1n[nH]nc1C(=O)O. The lowest BCUT2D eigenvalue weighted by atomic mass is 10.1. The van der Waals surface area contributed by atoms with Crippen LogP contribution in [0.3, 0.4) is 0 Å². The maximum Gasteiger partial charge on any atom is 0.358 e. The predicted octanol–water partition coefficient (Wildman–Crippen LogP) is -0.458. The summed E-state index contributed by atoms with van der Waals surface area (Å²) in [6.07, 6.45) is 1.35. The third kappa shape index (κ3) is 1.88.